The summed E-state index contributed by atoms with van der Waals surface area (Å²) in [6.07, 6.45) is 0.504. The zero-order valence-electron chi connectivity index (χ0n) is 16.1. The summed E-state index contributed by atoms with van der Waals surface area (Å²) in [5.74, 6) is -3.50. The highest BCUT2D eigenvalue weighted by Crippen LogP contribution is 2.50. The Morgan fingerprint density at radius 3 is 2.66 bits per heavy atom. The summed E-state index contributed by atoms with van der Waals surface area (Å²) in [7, 11) is 0. The molecule has 29 heavy (non-hydrogen) atoms. The average molecular weight is 425 g/mol. The van der Waals surface area contributed by atoms with Crippen LogP contribution < -0.4 is 0 Å². The number of carbonyl (C=O) groups is 2. The summed E-state index contributed by atoms with van der Waals surface area (Å²) in [6, 6.07) is 6.29. The van der Waals surface area contributed by atoms with Crippen molar-refractivity contribution in [3.05, 3.63) is 35.0 Å². The van der Waals surface area contributed by atoms with Crippen molar-refractivity contribution in [1.82, 2.24) is 9.88 Å². The zero-order valence-corrected chi connectivity index (χ0v) is 16.9. The van der Waals surface area contributed by atoms with Crippen molar-refractivity contribution in [2.24, 2.45) is 5.41 Å². The number of amides is 1. The number of hydrogen-bond acceptors (Lipinski definition) is 3. The Morgan fingerprint density at radius 2 is 2.00 bits per heavy atom. The van der Waals surface area contributed by atoms with Gasteiger partial charge in [-0.05, 0) is 43.7 Å². The molecule has 2 fully saturated rings. The maximum atomic E-state index is 13.7. The fourth-order valence-corrected chi connectivity index (χ4v) is 4.85. The number of nitrogens with one attached hydrogen (secondary N) is 1. The summed E-state index contributed by atoms with van der Waals surface area (Å²) in [5.41, 5.74) is 0.496. The molecule has 8 heteroatoms. The summed E-state index contributed by atoms with van der Waals surface area (Å²) in [6.45, 7) is 2.18. The van der Waals surface area contributed by atoms with Gasteiger partial charge in [-0.1, -0.05) is 23.7 Å². The molecule has 1 amide bonds. The van der Waals surface area contributed by atoms with E-state index in [0.717, 1.165) is 5.39 Å². The van der Waals surface area contributed by atoms with Gasteiger partial charge >= 0.3 is 5.97 Å². The van der Waals surface area contributed by atoms with Crippen LogP contribution in [0.25, 0.3) is 10.9 Å². The van der Waals surface area contributed by atoms with E-state index in [-0.39, 0.29) is 44.7 Å². The number of aromatic nitrogens is 1. The maximum absolute atomic E-state index is 13.7. The Kier molecular flexibility index (Phi) is 5.05. The van der Waals surface area contributed by atoms with Gasteiger partial charge in [0.05, 0.1) is 17.1 Å². The minimum atomic E-state index is -2.67. The van der Waals surface area contributed by atoms with E-state index in [1.807, 2.05) is 6.07 Å². The second-order valence-electron chi connectivity index (χ2n) is 8.15. The molecule has 1 aliphatic heterocycles. The second kappa shape index (κ2) is 7.27. The highest BCUT2D eigenvalue weighted by Gasteiger charge is 2.53. The Bertz CT molecular complexity index is 949. The van der Waals surface area contributed by atoms with Gasteiger partial charge in [0.2, 0.25) is 5.92 Å². The van der Waals surface area contributed by atoms with E-state index in [1.165, 1.54) is 4.90 Å². The topological polar surface area (TPSA) is 62.4 Å². The van der Waals surface area contributed by atoms with E-state index in [2.05, 4.69) is 4.98 Å². The average Bonchev–Trinajstić information content (AvgIpc) is 3.28. The predicted octanol–water partition coefficient (Wildman–Crippen LogP) is 4.79. The molecule has 1 saturated carbocycles. The largest absolute Gasteiger partial charge is 0.464 e. The highest BCUT2D eigenvalue weighted by molar-refractivity contribution is 6.35. The predicted molar refractivity (Wildman–Crippen MR) is 105 cm³/mol. The number of carbonyl (C=O) groups excluding carboxylic acids is 2. The zero-order chi connectivity index (χ0) is 20.8. The SMILES string of the molecule is CCOC(=O)C1CC2(CCC(F)(F)CC2)CN1C(=O)c1cc2cccc(Cl)c2[nH]1. The first kappa shape index (κ1) is 20.1. The van der Waals surface area contributed by atoms with Gasteiger partial charge in [0.15, 0.2) is 0 Å². The van der Waals surface area contributed by atoms with E-state index in [1.54, 1.807) is 25.1 Å². The van der Waals surface area contributed by atoms with Crippen LogP contribution in [0.1, 0.15) is 49.5 Å². The van der Waals surface area contributed by atoms with Gasteiger partial charge < -0.3 is 14.6 Å². The fraction of sp³-hybridized carbons (Fsp3) is 0.524. The minimum Gasteiger partial charge on any atom is -0.464 e. The Balaban J connectivity index is 1.64. The van der Waals surface area contributed by atoms with Crippen molar-refractivity contribution in [2.45, 2.75) is 51.0 Å². The van der Waals surface area contributed by atoms with E-state index in [4.69, 9.17) is 16.3 Å². The van der Waals surface area contributed by atoms with Crippen LogP contribution in [0.3, 0.4) is 0 Å². The normalized spacial score (nSPS) is 22.9. The summed E-state index contributed by atoms with van der Waals surface area (Å²) < 4.78 is 32.6. The number of halogens is 3. The molecule has 0 radical (unpaired) electrons. The number of para-hydroxylation sites is 1. The summed E-state index contributed by atoms with van der Waals surface area (Å²) in [5, 5.41) is 1.29. The number of rotatable bonds is 3. The third-order valence-electron chi connectivity index (χ3n) is 6.21. The number of fused-ring (bicyclic) bond motifs is 1. The van der Waals surface area contributed by atoms with Gasteiger partial charge in [-0.3, -0.25) is 4.79 Å². The molecule has 1 aromatic carbocycles. The number of ether oxygens (including phenoxy) is 1. The molecule has 0 bridgehead atoms. The molecule has 156 valence electrons. The molecule has 1 N–H and O–H groups in total. The van der Waals surface area contributed by atoms with Crippen molar-refractivity contribution >= 4 is 34.4 Å². The molecule has 1 aromatic heterocycles. The number of likely N-dealkylation sites (tertiary alicyclic amines) is 1. The van der Waals surface area contributed by atoms with Crippen LogP contribution in [0.5, 0.6) is 0 Å². The van der Waals surface area contributed by atoms with Crippen LogP contribution in [-0.2, 0) is 9.53 Å². The second-order valence-corrected chi connectivity index (χ2v) is 8.56. The Morgan fingerprint density at radius 1 is 1.28 bits per heavy atom. The molecule has 2 aromatic rings. The molecule has 1 saturated heterocycles. The molecule has 1 unspecified atom stereocenters. The maximum Gasteiger partial charge on any atom is 0.328 e. The van der Waals surface area contributed by atoms with Crippen molar-refractivity contribution in [3.63, 3.8) is 0 Å². The van der Waals surface area contributed by atoms with Crippen molar-refractivity contribution in [3.8, 4) is 0 Å². The minimum absolute atomic E-state index is 0.199. The van der Waals surface area contributed by atoms with E-state index in [0.29, 0.717) is 22.7 Å². The third-order valence-corrected chi connectivity index (χ3v) is 6.52. The van der Waals surface area contributed by atoms with E-state index >= 15 is 0 Å². The van der Waals surface area contributed by atoms with Crippen molar-refractivity contribution < 1.29 is 23.1 Å². The van der Waals surface area contributed by atoms with Gasteiger partial charge in [0.1, 0.15) is 11.7 Å². The van der Waals surface area contributed by atoms with Crippen LogP contribution in [0, 0.1) is 5.41 Å². The van der Waals surface area contributed by atoms with Gasteiger partial charge in [0.25, 0.3) is 5.91 Å². The van der Waals surface area contributed by atoms with Gasteiger partial charge in [-0.2, -0.15) is 0 Å². The lowest BCUT2D eigenvalue weighted by atomic mass is 9.71. The standard InChI is InChI=1S/C21H23ClF2N2O3/c1-2-29-19(28)16-11-20(6-8-21(23,24)9-7-20)12-26(16)18(27)15-10-13-4-3-5-14(22)17(13)25-15/h3-5,10,16,25H,2,6-9,11-12H2,1H3. The molecule has 4 rings (SSSR count). The number of H-pyrrole nitrogens is 1. The lowest BCUT2D eigenvalue weighted by molar-refractivity contribution is -0.147. The number of benzene rings is 1. The smallest absolute Gasteiger partial charge is 0.328 e. The fourth-order valence-electron chi connectivity index (χ4n) is 4.62. The quantitative estimate of drug-likeness (QED) is 0.720. The number of nitrogens with zero attached hydrogens (tertiary/aromatic N) is 1. The first-order chi connectivity index (χ1) is 13.7. The molecule has 1 atom stereocenters. The Labute approximate surface area is 172 Å². The third kappa shape index (κ3) is 3.72. The number of esters is 1. The van der Waals surface area contributed by atoms with Gasteiger partial charge in [0, 0.05) is 24.8 Å². The molecular weight excluding hydrogens is 402 g/mol. The number of hydrogen-bond donors (Lipinski definition) is 1. The molecule has 2 heterocycles. The molecular formula is C21H23ClF2N2O3. The molecule has 1 spiro atoms. The van der Waals surface area contributed by atoms with Crippen LogP contribution in [0.4, 0.5) is 8.78 Å². The number of aromatic amines is 1. The monoisotopic (exact) mass is 424 g/mol. The number of alkyl halides is 2. The van der Waals surface area contributed by atoms with Crippen molar-refractivity contribution in [2.75, 3.05) is 13.2 Å². The van der Waals surface area contributed by atoms with E-state index in [9.17, 15) is 18.4 Å². The van der Waals surface area contributed by atoms with E-state index < -0.39 is 23.3 Å². The molecule has 5 nitrogen and oxygen atoms in total. The lowest BCUT2D eigenvalue weighted by Crippen LogP contribution is -2.42. The van der Waals surface area contributed by atoms with Crippen LogP contribution in [-0.4, -0.2) is 46.9 Å². The van der Waals surface area contributed by atoms with Crippen LogP contribution in [0.15, 0.2) is 24.3 Å². The summed E-state index contributed by atoms with van der Waals surface area (Å²) in [4.78, 5) is 30.4. The van der Waals surface area contributed by atoms with Crippen LogP contribution >= 0.6 is 11.6 Å². The highest BCUT2D eigenvalue weighted by atomic mass is 35.5. The molecule has 2 aliphatic rings. The first-order valence-corrected chi connectivity index (χ1v) is 10.2. The molecule has 1 aliphatic carbocycles. The van der Waals surface area contributed by atoms with Crippen LogP contribution in [0.2, 0.25) is 5.02 Å². The Hall–Kier alpha value is -2.15. The van der Waals surface area contributed by atoms with Gasteiger partial charge in [-0.15, -0.1) is 0 Å². The van der Waals surface area contributed by atoms with Crippen molar-refractivity contribution in [1.29, 1.82) is 0 Å². The summed E-state index contributed by atoms with van der Waals surface area (Å²) >= 11 is 6.20. The lowest BCUT2D eigenvalue weighted by Gasteiger charge is -2.36. The first-order valence-electron chi connectivity index (χ1n) is 9.86. The van der Waals surface area contributed by atoms with Gasteiger partial charge in [-0.25, -0.2) is 13.6 Å².